The Morgan fingerprint density at radius 1 is 1.44 bits per heavy atom. The minimum atomic E-state index is 0.0955. The first-order valence-corrected chi connectivity index (χ1v) is 6.61. The Hall–Kier alpha value is -1.16. The van der Waals surface area contributed by atoms with Crippen molar-refractivity contribution in [2.45, 2.75) is 17.7 Å². The largest absolute Gasteiger partial charge is 0.383 e. The van der Waals surface area contributed by atoms with E-state index in [4.69, 9.17) is 0 Å². The molecule has 0 saturated heterocycles. The summed E-state index contributed by atoms with van der Waals surface area (Å²) in [5, 5.41) is 6.38. The maximum Gasteiger partial charge on any atom is 0.234 e. The Kier molecular flexibility index (Phi) is 2.52. The highest BCUT2D eigenvalue weighted by molar-refractivity contribution is 8.00. The van der Waals surface area contributed by atoms with Gasteiger partial charge in [-0.25, -0.2) is 0 Å². The summed E-state index contributed by atoms with van der Waals surface area (Å²) in [4.78, 5) is 12.5. The van der Waals surface area contributed by atoms with Crippen LogP contribution in [0.15, 0.2) is 23.1 Å². The summed E-state index contributed by atoms with van der Waals surface area (Å²) in [5.41, 5.74) is 2.02. The summed E-state index contributed by atoms with van der Waals surface area (Å²) in [6.45, 7) is 1.02. The molecule has 1 amide bonds. The molecule has 1 aromatic carbocycles. The fourth-order valence-corrected chi connectivity index (χ4v) is 2.66. The smallest absolute Gasteiger partial charge is 0.234 e. The minimum absolute atomic E-state index is 0.0955. The molecule has 2 aliphatic rings. The molecule has 1 fully saturated rings. The van der Waals surface area contributed by atoms with Crippen LogP contribution in [0.4, 0.5) is 11.4 Å². The first-order chi connectivity index (χ1) is 7.83. The average molecular weight is 234 g/mol. The number of carbonyl (C=O) groups excluding carboxylic acids is 1. The van der Waals surface area contributed by atoms with Crippen molar-refractivity contribution in [2.75, 3.05) is 22.9 Å². The Balaban J connectivity index is 1.82. The lowest BCUT2D eigenvalue weighted by Crippen LogP contribution is -2.20. The Morgan fingerprint density at radius 3 is 3.12 bits per heavy atom. The van der Waals surface area contributed by atoms with Crippen molar-refractivity contribution in [1.29, 1.82) is 0 Å². The summed E-state index contributed by atoms with van der Waals surface area (Å²) in [6, 6.07) is 6.13. The van der Waals surface area contributed by atoms with Gasteiger partial charge in [0.15, 0.2) is 0 Å². The van der Waals surface area contributed by atoms with Gasteiger partial charge in [-0.2, -0.15) is 0 Å². The van der Waals surface area contributed by atoms with E-state index in [1.54, 1.807) is 11.8 Å². The van der Waals surface area contributed by atoms with Crippen molar-refractivity contribution >= 4 is 29.0 Å². The van der Waals surface area contributed by atoms with Crippen LogP contribution in [0.3, 0.4) is 0 Å². The number of anilines is 2. The van der Waals surface area contributed by atoms with Gasteiger partial charge in [0.25, 0.3) is 0 Å². The zero-order chi connectivity index (χ0) is 11.0. The number of fused-ring (bicyclic) bond motifs is 1. The molecule has 16 heavy (non-hydrogen) atoms. The molecular weight excluding hydrogens is 220 g/mol. The Labute approximate surface area is 99.0 Å². The van der Waals surface area contributed by atoms with E-state index in [9.17, 15) is 4.79 Å². The normalized spacial score (nSPS) is 18.9. The van der Waals surface area contributed by atoms with Gasteiger partial charge in [-0.15, -0.1) is 11.8 Å². The second kappa shape index (κ2) is 4.01. The van der Waals surface area contributed by atoms with Crippen LogP contribution in [0.2, 0.25) is 0 Å². The SMILES string of the molecule is O=C1CSc2cccc(NCC3CC3)c2N1. The molecule has 3 nitrogen and oxygen atoms in total. The van der Waals surface area contributed by atoms with Gasteiger partial charge >= 0.3 is 0 Å². The van der Waals surface area contributed by atoms with Gasteiger partial charge in [0.1, 0.15) is 0 Å². The Bertz CT molecular complexity index is 429. The van der Waals surface area contributed by atoms with Crippen LogP contribution < -0.4 is 10.6 Å². The van der Waals surface area contributed by atoms with E-state index in [1.807, 2.05) is 12.1 Å². The molecule has 0 spiro atoms. The van der Waals surface area contributed by atoms with Crippen LogP contribution >= 0.6 is 11.8 Å². The predicted molar refractivity (Wildman–Crippen MR) is 67.0 cm³/mol. The number of amides is 1. The molecule has 1 saturated carbocycles. The number of hydrogen-bond acceptors (Lipinski definition) is 3. The van der Waals surface area contributed by atoms with Crippen molar-refractivity contribution in [3.63, 3.8) is 0 Å². The number of nitrogens with one attached hydrogen (secondary N) is 2. The van der Waals surface area contributed by atoms with Crippen molar-refractivity contribution in [3.05, 3.63) is 18.2 Å². The quantitative estimate of drug-likeness (QED) is 0.844. The van der Waals surface area contributed by atoms with E-state index in [-0.39, 0.29) is 5.91 Å². The third kappa shape index (κ3) is 2.02. The van der Waals surface area contributed by atoms with Crippen molar-refractivity contribution in [1.82, 2.24) is 0 Å². The lowest BCUT2D eigenvalue weighted by atomic mass is 10.2. The molecule has 84 valence electrons. The third-order valence-corrected chi connectivity index (χ3v) is 3.99. The molecule has 1 aliphatic heterocycles. The van der Waals surface area contributed by atoms with Crippen LogP contribution in [0, 0.1) is 5.92 Å². The van der Waals surface area contributed by atoms with Crippen LogP contribution in [-0.4, -0.2) is 18.2 Å². The summed E-state index contributed by atoms with van der Waals surface area (Å²) < 4.78 is 0. The molecule has 0 unspecified atom stereocenters. The fourth-order valence-electron chi connectivity index (χ4n) is 1.82. The van der Waals surface area contributed by atoms with Crippen LogP contribution in [0.1, 0.15) is 12.8 Å². The summed E-state index contributed by atoms with van der Waals surface area (Å²) in [6.07, 6.45) is 2.67. The average Bonchev–Trinajstić information content (AvgIpc) is 3.10. The topological polar surface area (TPSA) is 41.1 Å². The maximum absolute atomic E-state index is 11.4. The van der Waals surface area contributed by atoms with Gasteiger partial charge < -0.3 is 10.6 Å². The summed E-state index contributed by atoms with van der Waals surface area (Å²) in [5.74, 6) is 1.46. The van der Waals surface area contributed by atoms with Crippen molar-refractivity contribution < 1.29 is 4.79 Å². The Morgan fingerprint density at radius 2 is 2.31 bits per heavy atom. The summed E-state index contributed by atoms with van der Waals surface area (Å²) >= 11 is 1.61. The van der Waals surface area contributed by atoms with E-state index in [0.29, 0.717) is 5.75 Å². The molecule has 0 atom stereocenters. The standard InChI is InChI=1S/C12H14N2OS/c15-11-7-16-10-3-1-2-9(12(10)14-11)13-6-8-4-5-8/h1-3,8,13H,4-7H2,(H,14,15). The zero-order valence-electron chi connectivity index (χ0n) is 8.95. The highest BCUT2D eigenvalue weighted by Gasteiger charge is 2.22. The monoisotopic (exact) mass is 234 g/mol. The van der Waals surface area contributed by atoms with E-state index in [1.165, 1.54) is 17.7 Å². The minimum Gasteiger partial charge on any atom is -0.383 e. The molecule has 1 heterocycles. The van der Waals surface area contributed by atoms with Crippen molar-refractivity contribution in [3.8, 4) is 0 Å². The molecule has 1 aliphatic carbocycles. The van der Waals surface area contributed by atoms with Gasteiger partial charge in [-0.1, -0.05) is 6.07 Å². The molecule has 0 aromatic heterocycles. The van der Waals surface area contributed by atoms with E-state index >= 15 is 0 Å². The second-order valence-corrected chi connectivity index (χ2v) is 5.36. The highest BCUT2D eigenvalue weighted by Crippen LogP contribution is 2.37. The van der Waals surface area contributed by atoms with Gasteiger partial charge in [-0.05, 0) is 30.9 Å². The third-order valence-electron chi connectivity index (χ3n) is 2.93. The second-order valence-electron chi connectivity index (χ2n) is 4.34. The molecule has 4 heteroatoms. The van der Waals surface area contributed by atoms with Crippen LogP contribution in [0.5, 0.6) is 0 Å². The van der Waals surface area contributed by atoms with Crippen LogP contribution in [0.25, 0.3) is 0 Å². The van der Waals surface area contributed by atoms with Crippen LogP contribution in [-0.2, 0) is 4.79 Å². The molecule has 2 N–H and O–H groups in total. The maximum atomic E-state index is 11.4. The van der Waals surface area contributed by atoms with E-state index < -0.39 is 0 Å². The number of para-hydroxylation sites is 1. The number of rotatable bonds is 3. The molecule has 0 bridgehead atoms. The van der Waals surface area contributed by atoms with Gasteiger partial charge in [0.05, 0.1) is 17.1 Å². The molecule has 1 aromatic rings. The summed E-state index contributed by atoms with van der Waals surface area (Å²) in [7, 11) is 0. The number of thioether (sulfide) groups is 1. The van der Waals surface area contributed by atoms with E-state index in [0.717, 1.165) is 23.8 Å². The first-order valence-electron chi connectivity index (χ1n) is 5.62. The lowest BCUT2D eigenvalue weighted by Gasteiger charge is -2.20. The molecular formula is C12H14N2OS. The highest BCUT2D eigenvalue weighted by atomic mass is 32.2. The van der Waals surface area contributed by atoms with Gasteiger partial charge in [0.2, 0.25) is 5.91 Å². The fraction of sp³-hybridized carbons (Fsp3) is 0.417. The van der Waals surface area contributed by atoms with Gasteiger partial charge in [0, 0.05) is 11.4 Å². The number of hydrogen-bond donors (Lipinski definition) is 2. The zero-order valence-corrected chi connectivity index (χ0v) is 9.77. The first kappa shape index (κ1) is 10.0. The lowest BCUT2D eigenvalue weighted by molar-refractivity contribution is -0.113. The van der Waals surface area contributed by atoms with E-state index in [2.05, 4.69) is 16.7 Å². The predicted octanol–water partition coefficient (Wildman–Crippen LogP) is 2.55. The molecule has 0 radical (unpaired) electrons. The molecule has 3 rings (SSSR count). The van der Waals surface area contributed by atoms with Gasteiger partial charge in [-0.3, -0.25) is 4.79 Å². The number of carbonyl (C=O) groups is 1. The number of benzene rings is 1. The van der Waals surface area contributed by atoms with Crippen molar-refractivity contribution in [2.24, 2.45) is 5.92 Å².